The summed E-state index contributed by atoms with van der Waals surface area (Å²) < 4.78 is 38.9. The van der Waals surface area contributed by atoms with E-state index < -0.39 is 59.6 Å². The number of halogens is 2. The lowest BCUT2D eigenvalue weighted by molar-refractivity contribution is -0.386. The van der Waals surface area contributed by atoms with Crippen LogP contribution in [0.1, 0.15) is 19.4 Å². The van der Waals surface area contributed by atoms with E-state index in [-0.39, 0.29) is 11.3 Å². The molecule has 1 aromatic rings. The molecule has 158 valence electrons. The third kappa shape index (κ3) is 4.86. The highest BCUT2D eigenvalue weighted by molar-refractivity contribution is 6.08. The summed E-state index contributed by atoms with van der Waals surface area (Å²) in [5.74, 6) is -2.45. The summed E-state index contributed by atoms with van der Waals surface area (Å²) in [6.07, 6.45) is 0. The molecule has 1 aromatic carbocycles. The maximum absolute atomic E-state index is 12.5. The number of amides is 3. The minimum atomic E-state index is -3.24. The number of urea groups is 1. The molecule has 13 heteroatoms. The molecule has 1 fully saturated rings. The number of benzene rings is 1. The minimum Gasteiger partial charge on any atom is -0.493 e. The van der Waals surface area contributed by atoms with Crippen molar-refractivity contribution in [2.45, 2.75) is 32.6 Å². The number of rotatable bonds is 8. The number of nitro benzene ring substituents is 1. The molecule has 0 atom stereocenters. The van der Waals surface area contributed by atoms with Crippen LogP contribution in [0.15, 0.2) is 12.1 Å². The van der Waals surface area contributed by atoms with Crippen LogP contribution in [0, 0.1) is 10.1 Å². The van der Waals surface area contributed by atoms with Gasteiger partial charge in [0.25, 0.3) is 11.6 Å². The molecular formula is C16H17F2N3O8. The number of nitrogens with one attached hydrogen (secondary N) is 1. The van der Waals surface area contributed by atoms with E-state index in [1.807, 2.05) is 0 Å². The van der Waals surface area contributed by atoms with Crippen LogP contribution in [-0.2, 0) is 20.9 Å². The highest BCUT2D eigenvalue weighted by Gasteiger charge is 2.45. The molecule has 0 saturated carbocycles. The van der Waals surface area contributed by atoms with Crippen LogP contribution < -0.4 is 14.8 Å². The van der Waals surface area contributed by atoms with E-state index >= 15 is 0 Å². The molecule has 29 heavy (non-hydrogen) atoms. The number of esters is 1. The van der Waals surface area contributed by atoms with Crippen LogP contribution in [0.2, 0.25) is 0 Å². The van der Waals surface area contributed by atoms with Crippen molar-refractivity contribution >= 4 is 23.6 Å². The van der Waals surface area contributed by atoms with Crippen LogP contribution in [0.25, 0.3) is 0 Å². The van der Waals surface area contributed by atoms with Gasteiger partial charge >= 0.3 is 18.6 Å². The normalized spacial score (nSPS) is 15.3. The SMILES string of the molecule is COc1cc(COC(=O)CN2C(=O)NC(C)(C)C2=O)c([N+](=O)[O-])cc1OC(F)F. The number of nitro groups is 1. The first-order chi connectivity index (χ1) is 13.5. The van der Waals surface area contributed by atoms with Crippen molar-refractivity contribution in [3.05, 3.63) is 27.8 Å². The maximum atomic E-state index is 12.5. The van der Waals surface area contributed by atoms with Gasteiger partial charge in [-0.1, -0.05) is 0 Å². The molecule has 1 heterocycles. The number of nitrogens with zero attached hydrogens (tertiary/aromatic N) is 2. The maximum Gasteiger partial charge on any atom is 0.387 e. The van der Waals surface area contributed by atoms with E-state index in [0.717, 1.165) is 13.2 Å². The van der Waals surface area contributed by atoms with Gasteiger partial charge in [0.1, 0.15) is 18.7 Å². The molecule has 0 bridgehead atoms. The summed E-state index contributed by atoms with van der Waals surface area (Å²) in [5, 5.41) is 13.6. The number of alkyl halides is 2. The fourth-order valence-corrected chi connectivity index (χ4v) is 2.52. The molecule has 1 N–H and O–H groups in total. The summed E-state index contributed by atoms with van der Waals surface area (Å²) in [7, 11) is 1.13. The van der Waals surface area contributed by atoms with E-state index in [4.69, 9.17) is 9.47 Å². The Morgan fingerprint density at radius 3 is 2.45 bits per heavy atom. The molecule has 0 unspecified atom stereocenters. The monoisotopic (exact) mass is 417 g/mol. The standard InChI is InChI=1S/C16H17F2N3O8/c1-16(2)13(23)20(15(24)19-16)6-12(22)28-7-8-4-10(27-3)11(29-14(17)18)5-9(8)21(25)26/h4-5,14H,6-7H2,1-3H3,(H,19,24). The molecule has 3 amide bonds. The summed E-state index contributed by atoms with van der Waals surface area (Å²) >= 11 is 0. The van der Waals surface area contributed by atoms with Crippen molar-refractivity contribution in [2.24, 2.45) is 0 Å². The first-order valence-electron chi connectivity index (χ1n) is 8.06. The fraction of sp³-hybridized carbons (Fsp3) is 0.438. The van der Waals surface area contributed by atoms with Crippen molar-refractivity contribution in [1.82, 2.24) is 10.2 Å². The number of carbonyl (C=O) groups excluding carboxylic acids is 3. The van der Waals surface area contributed by atoms with Crippen molar-refractivity contribution in [2.75, 3.05) is 13.7 Å². The van der Waals surface area contributed by atoms with Gasteiger partial charge in [-0.25, -0.2) is 4.79 Å². The van der Waals surface area contributed by atoms with Gasteiger partial charge in [0.15, 0.2) is 11.5 Å². The predicted molar refractivity (Wildman–Crippen MR) is 90.4 cm³/mol. The van der Waals surface area contributed by atoms with E-state index in [1.54, 1.807) is 0 Å². The van der Waals surface area contributed by atoms with E-state index in [2.05, 4.69) is 10.1 Å². The third-order valence-electron chi connectivity index (χ3n) is 3.90. The predicted octanol–water partition coefficient (Wildman–Crippen LogP) is 1.58. The molecule has 0 spiro atoms. The van der Waals surface area contributed by atoms with Gasteiger partial charge in [0.2, 0.25) is 0 Å². The van der Waals surface area contributed by atoms with Crippen LogP contribution in [0.4, 0.5) is 19.3 Å². The molecule has 1 saturated heterocycles. The number of hydrogen-bond acceptors (Lipinski definition) is 8. The van der Waals surface area contributed by atoms with Crippen LogP contribution in [0.3, 0.4) is 0 Å². The van der Waals surface area contributed by atoms with Crippen LogP contribution in [-0.4, -0.2) is 53.5 Å². The lowest BCUT2D eigenvalue weighted by Gasteiger charge is -2.15. The minimum absolute atomic E-state index is 0.167. The van der Waals surface area contributed by atoms with Crippen molar-refractivity contribution < 1.29 is 42.3 Å². The largest absolute Gasteiger partial charge is 0.493 e. The number of hydrogen-bond donors (Lipinski definition) is 1. The van der Waals surface area contributed by atoms with E-state index in [0.29, 0.717) is 11.0 Å². The average molecular weight is 417 g/mol. The molecule has 1 aliphatic heterocycles. The van der Waals surface area contributed by atoms with Crippen LogP contribution >= 0.6 is 0 Å². The molecule has 2 rings (SSSR count). The van der Waals surface area contributed by atoms with Gasteiger partial charge in [-0.2, -0.15) is 8.78 Å². The zero-order chi connectivity index (χ0) is 21.9. The second-order valence-corrected chi connectivity index (χ2v) is 6.37. The summed E-state index contributed by atoms with van der Waals surface area (Å²) in [4.78, 5) is 46.8. The summed E-state index contributed by atoms with van der Waals surface area (Å²) in [6, 6.07) is 0.951. The van der Waals surface area contributed by atoms with E-state index in [9.17, 15) is 33.3 Å². The van der Waals surface area contributed by atoms with Gasteiger partial charge in [-0.3, -0.25) is 24.6 Å². The van der Waals surface area contributed by atoms with Gasteiger partial charge in [-0.05, 0) is 19.9 Å². The van der Waals surface area contributed by atoms with Gasteiger partial charge in [0.05, 0.1) is 23.7 Å². The third-order valence-corrected chi connectivity index (χ3v) is 3.90. The van der Waals surface area contributed by atoms with Crippen molar-refractivity contribution in [3.63, 3.8) is 0 Å². The molecule has 0 radical (unpaired) electrons. The zero-order valence-corrected chi connectivity index (χ0v) is 15.6. The summed E-state index contributed by atoms with van der Waals surface area (Å²) in [5.41, 5.74) is -1.99. The zero-order valence-electron chi connectivity index (χ0n) is 15.6. The average Bonchev–Trinajstić information content (AvgIpc) is 2.81. The van der Waals surface area contributed by atoms with E-state index in [1.165, 1.54) is 13.8 Å². The highest BCUT2D eigenvalue weighted by Crippen LogP contribution is 2.36. The molecule has 1 aliphatic rings. The Morgan fingerprint density at radius 1 is 1.31 bits per heavy atom. The quantitative estimate of drug-likeness (QED) is 0.291. The Morgan fingerprint density at radius 2 is 1.97 bits per heavy atom. The molecular weight excluding hydrogens is 400 g/mol. The van der Waals surface area contributed by atoms with Crippen LogP contribution in [0.5, 0.6) is 11.5 Å². The Bertz CT molecular complexity index is 859. The number of methoxy groups -OCH3 is 1. The Hall–Kier alpha value is -3.51. The van der Waals surface area contributed by atoms with Crippen molar-refractivity contribution in [1.29, 1.82) is 0 Å². The smallest absolute Gasteiger partial charge is 0.387 e. The molecule has 11 nitrogen and oxygen atoms in total. The number of imide groups is 1. The van der Waals surface area contributed by atoms with Crippen molar-refractivity contribution in [3.8, 4) is 11.5 Å². The second-order valence-electron chi connectivity index (χ2n) is 6.37. The van der Waals surface area contributed by atoms with Gasteiger partial charge in [0, 0.05) is 0 Å². The first kappa shape index (κ1) is 21.8. The van der Waals surface area contributed by atoms with Gasteiger partial charge < -0.3 is 19.5 Å². The Labute approximate surface area is 162 Å². The molecule has 0 aliphatic carbocycles. The molecule has 0 aromatic heterocycles. The lowest BCUT2D eigenvalue weighted by atomic mass is 10.1. The fourth-order valence-electron chi connectivity index (χ4n) is 2.52. The first-order valence-corrected chi connectivity index (χ1v) is 8.06. The lowest BCUT2D eigenvalue weighted by Crippen LogP contribution is -2.41. The topological polar surface area (TPSA) is 137 Å². The second kappa shape index (κ2) is 8.24. The number of ether oxygens (including phenoxy) is 3. The van der Waals surface area contributed by atoms with Gasteiger partial charge in [-0.15, -0.1) is 0 Å². The Kier molecular flexibility index (Phi) is 6.19. The summed E-state index contributed by atoms with van der Waals surface area (Å²) in [6.45, 7) is -1.66. The highest BCUT2D eigenvalue weighted by atomic mass is 19.3. The Balaban J connectivity index is 2.15. The number of carbonyl (C=O) groups is 3.